The van der Waals surface area contributed by atoms with Crippen LogP contribution in [-0.2, 0) is 64.3 Å². The second-order valence-electron chi connectivity index (χ2n) is 27.9. The van der Waals surface area contributed by atoms with Crippen molar-refractivity contribution in [2.24, 2.45) is 22.7 Å². The number of carbonyl (C=O) groups excluding carboxylic acids is 10. The highest BCUT2D eigenvalue weighted by molar-refractivity contribution is 5.99. The van der Waals surface area contributed by atoms with Crippen LogP contribution in [0.3, 0.4) is 0 Å². The van der Waals surface area contributed by atoms with E-state index >= 15 is 0 Å². The van der Waals surface area contributed by atoms with Gasteiger partial charge in [-0.15, -0.1) is 24.8 Å². The van der Waals surface area contributed by atoms with Crippen molar-refractivity contribution in [3.05, 3.63) is 142 Å². The van der Waals surface area contributed by atoms with Gasteiger partial charge in [-0.2, -0.15) is 0 Å². The Morgan fingerprint density at radius 3 is 1.19 bits per heavy atom. The largest absolute Gasteiger partial charge is 0.352 e. The number of fused-ring (bicyclic) bond motifs is 2. The van der Waals surface area contributed by atoms with Gasteiger partial charge >= 0.3 is 0 Å². The lowest BCUT2D eigenvalue weighted by Gasteiger charge is -2.36. The fraction of sp³-hybridized carbons (Fsp3) is 0.528. The molecule has 2 aliphatic carbocycles. The molecule has 8 N–H and O–H groups in total. The Morgan fingerprint density at radius 2 is 0.851 bits per heavy atom. The molecule has 0 radical (unpaired) electrons. The van der Waals surface area contributed by atoms with Crippen molar-refractivity contribution in [3.8, 4) is 0 Å². The van der Waals surface area contributed by atoms with E-state index in [0.717, 1.165) is 60.8 Å². The van der Waals surface area contributed by atoms with Gasteiger partial charge in [-0.05, 0) is 135 Å². The van der Waals surface area contributed by atoms with Crippen molar-refractivity contribution in [1.29, 1.82) is 0 Å². The maximum absolute atomic E-state index is 14.6. The van der Waals surface area contributed by atoms with Crippen LogP contribution in [-0.4, -0.2) is 132 Å². The fourth-order valence-electron chi connectivity index (χ4n) is 13.1. The highest BCUT2D eigenvalue weighted by Gasteiger charge is 2.48. The lowest BCUT2D eigenvalue weighted by Crippen LogP contribution is -2.59. The highest BCUT2D eigenvalue weighted by atomic mass is 35.5. The van der Waals surface area contributed by atoms with E-state index in [1.54, 1.807) is 86.3 Å². The first kappa shape index (κ1) is 75.5. The molecule has 2 saturated heterocycles. The van der Waals surface area contributed by atoms with Gasteiger partial charge in [0.15, 0.2) is 11.6 Å². The molecule has 8 rings (SSSR count). The summed E-state index contributed by atoms with van der Waals surface area (Å²) in [6, 6.07) is 24.8. The van der Waals surface area contributed by atoms with Crippen LogP contribution >= 0.6 is 24.8 Å². The summed E-state index contributed by atoms with van der Waals surface area (Å²) in [6.07, 6.45) is 5.76. The van der Waals surface area contributed by atoms with Gasteiger partial charge in [0.25, 0.3) is 0 Å². The molecule has 510 valence electrons. The zero-order chi connectivity index (χ0) is 66.6. The fourth-order valence-corrected chi connectivity index (χ4v) is 13.1. The molecule has 20 nitrogen and oxygen atoms in total. The highest BCUT2D eigenvalue weighted by Crippen LogP contribution is 2.36. The third-order valence-corrected chi connectivity index (χ3v) is 18.8. The Labute approximate surface area is 566 Å². The number of carbonyl (C=O) groups is 10. The molecule has 0 spiro atoms. The molecule has 0 aromatic heterocycles. The number of benzene rings is 4. The van der Waals surface area contributed by atoms with Crippen LogP contribution in [0.15, 0.2) is 97.1 Å². The van der Waals surface area contributed by atoms with Gasteiger partial charge in [0.05, 0.1) is 24.2 Å². The lowest BCUT2D eigenvalue weighted by molar-refractivity contribution is -0.144. The quantitative estimate of drug-likeness (QED) is 0.0300. The van der Waals surface area contributed by atoms with E-state index in [0.29, 0.717) is 11.1 Å². The first-order chi connectivity index (χ1) is 43.7. The number of nitrogens with one attached hydrogen (secondary N) is 8. The van der Waals surface area contributed by atoms with Crippen molar-refractivity contribution >= 4 is 83.6 Å². The number of Topliss-reactive ketones (excluding diaryl/α,β-unsaturated/α-hetero) is 2. The molecule has 4 aromatic rings. The summed E-state index contributed by atoms with van der Waals surface area (Å²) < 4.78 is 0. The van der Waals surface area contributed by atoms with Crippen LogP contribution in [0.2, 0.25) is 0 Å². The van der Waals surface area contributed by atoms with Gasteiger partial charge in [-0.3, -0.25) is 47.9 Å². The maximum Gasteiger partial charge on any atom is 0.246 e. The predicted octanol–water partition coefficient (Wildman–Crippen LogP) is 7.49. The van der Waals surface area contributed by atoms with E-state index in [9.17, 15) is 47.9 Å². The van der Waals surface area contributed by atoms with Gasteiger partial charge in [0.1, 0.15) is 24.2 Å². The van der Waals surface area contributed by atoms with Crippen molar-refractivity contribution in [1.82, 2.24) is 52.3 Å². The Kier molecular flexibility index (Phi) is 27.1. The number of nitrogens with zero attached hydrogens (tertiary/aromatic N) is 2. The molecule has 4 aliphatic rings. The molecular weight excluding hydrogens is 1240 g/mol. The number of ketones is 2. The molecule has 0 bridgehead atoms. The van der Waals surface area contributed by atoms with Gasteiger partial charge < -0.3 is 52.3 Å². The minimum absolute atomic E-state index is 0. The van der Waals surface area contributed by atoms with E-state index in [4.69, 9.17) is 0 Å². The number of likely N-dealkylation sites (tertiary alicyclic amines) is 2. The summed E-state index contributed by atoms with van der Waals surface area (Å²) in [5.41, 5.74) is 5.47. The molecule has 2 unspecified atom stereocenters. The average Bonchev–Trinajstić information content (AvgIpc) is 1.59. The number of aryl methyl sites for hydroxylation is 2. The Hall–Kier alpha value is -7.52. The van der Waals surface area contributed by atoms with Gasteiger partial charge in [0, 0.05) is 63.0 Å². The second-order valence-corrected chi connectivity index (χ2v) is 27.9. The molecular formula is C72H98Cl2N10O10. The van der Waals surface area contributed by atoms with Crippen LogP contribution in [0.4, 0.5) is 0 Å². The van der Waals surface area contributed by atoms with Gasteiger partial charge in [-0.25, -0.2) is 0 Å². The van der Waals surface area contributed by atoms with Crippen LogP contribution in [0.1, 0.15) is 186 Å². The summed E-state index contributed by atoms with van der Waals surface area (Å²) in [4.78, 5) is 141. The van der Waals surface area contributed by atoms with Crippen LogP contribution in [0.5, 0.6) is 0 Å². The molecule has 22 heteroatoms. The van der Waals surface area contributed by atoms with Crippen LogP contribution < -0.4 is 42.5 Å². The first-order valence-corrected chi connectivity index (χ1v) is 32.8. The third kappa shape index (κ3) is 19.6. The minimum atomic E-state index is -0.937. The van der Waals surface area contributed by atoms with E-state index in [1.807, 2.05) is 77.9 Å². The molecule has 2 fully saturated rings. The third-order valence-electron chi connectivity index (χ3n) is 18.8. The standard InChI is InChI=1S/C72H96N10O10.2ClH/c1-43(73-9)65(87)79-63(71(3,4)5)69(91)81-41-47(35-57(81)67(89)77-55-23-15-19-49-17-11-13-21-53(49)55)37-59(83)51-29-25-45(26-30-51)39-75-61(85)33-34-62(86)76-40-46-27-31-52(32-28-46)60(84)38-48-36-58(68(90)78-56-24-16-20-50-18-12-14-22-54(50)56)82(42-48)70(92)64(72(6,7)8)80-66(88)44(2)74-10;;/h11-14,17-18,21-22,25-32,43-44,47-48,55-58,63-64,73-74H,15-16,19-20,23-24,33-42H2,1-10H3,(H,75,85)(H,76,86)(H,77,89)(H,78,90)(H,79,87)(H,80,88);2*1H/t43-,44-,47+,48+,55?,56?,57-,58-,63+,64+;;/m0../s1. The summed E-state index contributed by atoms with van der Waals surface area (Å²) in [6.45, 7) is 15.3. The number of hydrogen-bond donors (Lipinski definition) is 8. The lowest BCUT2D eigenvalue weighted by atomic mass is 9.85. The summed E-state index contributed by atoms with van der Waals surface area (Å²) in [7, 11) is 3.33. The summed E-state index contributed by atoms with van der Waals surface area (Å²) >= 11 is 0. The molecule has 2 aliphatic heterocycles. The molecule has 94 heavy (non-hydrogen) atoms. The maximum atomic E-state index is 14.6. The SMILES string of the molecule is CN[C@@H](C)C(=O)N[C@H](C(=O)N1C[C@@H](CC(=O)c2ccc(CNC(=O)CCC(=O)NCc3ccc(C(=O)C[C@H]4C[C@@H](C(=O)NC5CCCc6ccccc65)N(C(=O)[C@@H](NC(=O)[C@H](C)NC)C(C)(C)C)C4)cc3)cc2)C[C@H]1C(=O)NC1CCCc2ccccc21)C(C)(C)C.Cl.Cl. The summed E-state index contributed by atoms with van der Waals surface area (Å²) in [5.74, 6) is -3.69. The van der Waals surface area contributed by atoms with Crippen LogP contribution in [0, 0.1) is 22.7 Å². The molecule has 4 aromatic carbocycles. The van der Waals surface area contributed by atoms with Crippen molar-refractivity contribution in [3.63, 3.8) is 0 Å². The second kappa shape index (κ2) is 33.7. The Balaban J connectivity index is 0.00000700. The van der Waals surface area contributed by atoms with E-state index in [2.05, 4.69) is 54.7 Å². The monoisotopic (exact) mass is 1330 g/mol. The molecule has 2 heterocycles. The number of amides is 8. The molecule has 10 atom stereocenters. The summed E-state index contributed by atoms with van der Waals surface area (Å²) in [5, 5.41) is 23.9. The van der Waals surface area contributed by atoms with Crippen molar-refractivity contribution in [2.75, 3.05) is 27.2 Å². The zero-order valence-corrected chi connectivity index (χ0v) is 57.8. The van der Waals surface area contributed by atoms with Crippen LogP contribution in [0.25, 0.3) is 0 Å². The van der Waals surface area contributed by atoms with E-state index < -0.39 is 47.1 Å². The van der Waals surface area contributed by atoms with Gasteiger partial charge in [0.2, 0.25) is 47.3 Å². The number of rotatable bonds is 25. The molecule has 8 amide bonds. The number of hydrogen-bond acceptors (Lipinski definition) is 12. The van der Waals surface area contributed by atoms with Crippen molar-refractivity contribution < 1.29 is 47.9 Å². The van der Waals surface area contributed by atoms with E-state index in [-0.39, 0.29) is 172 Å². The smallest absolute Gasteiger partial charge is 0.246 e. The van der Waals surface area contributed by atoms with Gasteiger partial charge in [-0.1, -0.05) is 139 Å². The Bertz CT molecular complexity index is 3130. The zero-order valence-electron chi connectivity index (χ0n) is 56.1. The van der Waals surface area contributed by atoms with E-state index in [1.165, 1.54) is 11.1 Å². The number of halogens is 2. The average molecular weight is 1330 g/mol. The normalized spacial score (nSPS) is 20.4. The van der Waals surface area contributed by atoms with Crippen molar-refractivity contribution in [2.45, 2.75) is 194 Å². The topological polar surface area (TPSA) is 273 Å². The predicted molar refractivity (Wildman–Crippen MR) is 366 cm³/mol. The minimum Gasteiger partial charge on any atom is -0.352 e. The molecule has 0 saturated carbocycles. The Morgan fingerprint density at radius 1 is 0.500 bits per heavy atom. The number of likely N-dealkylation sites (N-methyl/N-ethyl adjacent to an activating group) is 2. The first-order valence-electron chi connectivity index (χ1n) is 32.8.